The Balaban J connectivity index is 1.60. The van der Waals surface area contributed by atoms with E-state index in [4.69, 9.17) is 9.72 Å². The highest BCUT2D eigenvalue weighted by Gasteiger charge is 2.26. The summed E-state index contributed by atoms with van der Waals surface area (Å²) in [5.41, 5.74) is 1.70. The minimum Gasteiger partial charge on any atom is -0.475 e. The summed E-state index contributed by atoms with van der Waals surface area (Å²) in [4.78, 5) is 27.9. The second-order valence-corrected chi connectivity index (χ2v) is 7.61. The summed E-state index contributed by atoms with van der Waals surface area (Å²) in [6.07, 6.45) is 5.36. The molecule has 0 atom stereocenters. The van der Waals surface area contributed by atoms with Gasteiger partial charge in [0.15, 0.2) is 0 Å². The van der Waals surface area contributed by atoms with E-state index < -0.39 is 0 Å². The average Bonchev–Trinajstić information content (AvgIpc) is 2.68. The molecule has 0 aromatic carbocycles. The van der Waals surface area contributed by atoms with E-state index >= 15 is 0 Å². The lowest BCUT2D eigenvalue weighted by Crippen LogP contribution is -2.38. The van der Waals surface area contributed by atoms with E-state index in [0.29, 0.717) is 23.3 Å². The fraction of sp³-hybridized carbons (Fsp3) is 0.524. The number of rotatable bonds is 5. The second-order valence-electron chi connectivity index (χ2n) is 7.61. The molecule has 0 bridgehead atoms. The first kappa shape index (κ1) is 19.3. The van der Waals surface area contributed by atoms with Gasteiger partial charge in [0.2, 0.25) is 5.88 Å². The summed E-state index contributed by atoms with van der Waals surface area (Å²) in [5, 5.41) is 0. The third-order valence-corrected chi connectivity index (χ3v) is 4.75. The molecule has 0 unspecified atom stereocenters. The number of piperidine rings is 1. The van der Waals surface area contributed by atoms with Crippen molar-refractivity contribution in [3.05, 3.63) is 47.7 Å². The fourth-order valence-electron chi connectivity index (χ4n) is 3.27. The molecule has 144 valence electrons. The Morgan fingerprint density at radius 1 is 1.11 bits per heavy atom. The van der Waals surface area contributed by atoms with Crippen LogP contribution in [0.15, 0.2) is 30.6 Å². The lowest BCUT2D eigenvalue weighted by Gasteiger charge is -2.32. The van der Waals surface area contributed by atoms with Crippen LogP contribution in [-0.2, 0) is 0 Å². The number of pyridine rings is 1. The first-order valence-corrected chi connectivity index (χ1v) is 9.69. The van der Waals surface area contributed by atoms with Gasteiger partial charge in [0.05, 0.1) is 11.7 Å². The van der Waals surface area contributed by atoms with Crippen molar-refractivity contribution in [1.82, 2.24) is 19.9 Å². The Bertz CT molecular complexity index is 766. The molecule has 6 heteroatoms. The van der Waals surface area contributed by atoms with Crippen LogP contribution < -0.4 is 4.74 Å². The zero-order valence-electron chi connectivity index (χ0n) is 16.6. The van der Waals surface area contributed by atoms with Gasteiger partial charge < -0.3 is 9.64 Å². The van der Waals surface area contributed by atoms with Crippen LogP contribution in [-0.4, -0.2) is 45.0 Å². The van der Waals surface area contributed by atoms with Crippen molar-refractivity contribution in [2.45, 2.75) is 58.5 Å². The van der Waals surface area contributed by atoms with E-state index in [1.807, 2.05) is 31.0 Å². The number of aromatic nitrogens is 3. The largest absolute Gasteiger partial charge is 0.475 e. The van der Waals surface area contributed by atoms with Crippen LogP contribution in [0.3, 0.4) is 0 Å². The number of amides is 1. The van der Waals surface area contributed by atoms with Crippen LogP contribution >= 0.6 is 0 Å². The van der Waals surface area contributed by atoms with Gasteiger partial charge in [-0.05, 0) is 38.8 Å². The van der Waals surface area contributed by atoms with Gasteiger partial charge in [0, 0.05) is 49.1 Å². The summed E-state index contributed by atoms with van der Waals surface area (Å²) >= 11 is 0. The minimum atomic E-state index is 0.0302. The Hall–Kier alpha value is -2.50. The Kier molecular flexibility index (Phi) is 6.04. The van der Waals surface area contributed by atoms with Crippen molar-refractivity contribution in [2.75, 3.05) is 13.1 Å². The van der Waals surface area contributed by atoms with Gasteiger partial charge in [-0.2, -0.15) is 0 Å². The van der Waals surface area contributed by atoms with Gasteiger partial charge in [-0.15, -0.1) is 0 Å². The summed E-state index contributed by atoms with van der Waals surface area (Å²) in [5.74, 6) is 2.17. The SMILES string of the molecule is CC(C)Oc1ccc(C(=O)N2CCC(c3ccnc(C(C)C)n3)CC2)cn1. The first-order valence-electron chi connectivity index (χ1n) is 9.69. The maximum Gasteiger partial charge on any atom is 0.255 e. The molecule has 27 heavy (non-hydrogen) atoms. The molecule has 3 rings (SSSR count). The van der Waals surface area contributed by atoms with Crippen LogP contribution in [0.2, 0.25) is 0 Å². The van der Waals surface area contributed by atoms with Gasteiger partial charge >= 0.3 is 0 Å². The average molecular weight is 368 g/mol. The monoisotopic (exact) mass is 368 g/mol. The Labute approximate surface area is 161 Å². The van der Waals surface area contributed by atoms with Crippen LogP contribution in [0.5, 0.6) is 5.88 Å². The van der Waals surface area contributed by atoms with E-state index in [-0.39, 0.29) is 12.0 Å². The van der Waals surface area contributed by atoms with Crippen LogP contribution in [0.4, 0.5) is 0 Å². The lowest BCUT2D eigenvalue weighted by atomic mass is 9.93. The second kappa shape index (κ2) is 8.46. The molecule has 0 aliphatic carbocycles. The first-order chi connectivity index (χ1) is 12.9. The van der Waals surface area contributed by atoms with Gasteiger partial charge in [-0.1, -0.05) is 13.8 Å². The molecule has 0 N–H and O–H groups in total. The van der Waals surface area contributed by atoms with E-state index in [9.17, 15) is 4.79 Å². The normalized spacial score (nSPS) is 15.4. The molecule has 1 aliphatic heterocycles. The van der Waals surface area contributed by atoms with Crippen molar-refractivity contribution in [3.8, 4) is 5.88 Å². The standard InChI is InChI=1S/C21H28N4O2/c1-14(2)20-22-10-7-18(24-20)16-8-11-25(12-9-16)21(26)17-5-6-19(23-13-17)27-15(3)4/h5-7,10,13-16H,8-9,11-12H2,1-4H3. The summed E-state index contributed by atoms with van der Waals surface area (Å²) in [6, 6.07) is 5.55. The summed E-state index contributed by atoms with van der Waals surface area (Å²) in [6.45, 7) is 9.57. The maximum absolute atomic E-state index is 12.7. The number of likely N-dealkylation sites (tertiary alicyclic amines) is 1. The molecule has 0 spiro atoms. The molecule has 1 saturated heterocycles. The topological polar surface area (TPSA) is 68.2 Å². The summed E-state index contributed by atoms with van der Waals surface area (Å²) in [7, 11) is 0. The quantitative estimate of drug-likeness (QED) is 0.803. The van der Waals surface area contributed by atoms with E-state index in [2.05, 4.69) is 23.8 Å². The van der Waals surface area contributed by atoms with Crippen molar-refractivity contribution in [3.63, 3.8) is 0 Å². The van der Waals surface area contributed by atoms with Gasteiger partial charge in [-0.3, -0.25) is 4.79 Å². The predicted octanol–water partition coefficient (Wildman–Crippen LogP) is 3.80. The fourth-order valence-corrected chi connectivity index (χ4v) is 3.27. The highest BCUT2D eigenvalue weighted by atomic mass is 16.5. The Morgan fingerprint density at radius 3 is 2.44 bits per heavy atom. The van der Waals surface area contributed by atoms with Crippen molar-refractivity contribution >= 4 is 5.91 Å². The molecule has 0 saturated carbocycles. The molecule has 3 heterocycles. The number of hydrogen-bond acceptors (Lipinski definition) is 5. The highest BCUT2D eigenvalue weighted by Crippen LogP contribution is 2.28. The predicted molar refractivity (Wildman–Crippen MR) is 104 cm³/mol. The molecule has 1 amide bonds. The van der Waals surface area contributed by atoms with Crippen molar-refractivity contribution < 1.29 is 9.53 Å². The maximum atomic E-state index is 12.7. The third kappa shape index (κ3) is 4.81. The van der Waals surface area contributed by atoms with Crippen molar-refractivity contribution in [1.29, 1.82) is 0 Å². The molecular weight excluding hydrogens is 340 g/mol. The molecule has 0 radical (unpaired) electrons. The number of nitrogens with zero attached hydrogens (tertiary/aromatic N) is 4. The van der Waals surface area contributed by atoms with Crippen LogP contribution in [0.1, 0.15) is 74.2 Å². The lowest BCUT2D eigenvalue weighted by molar-refractivity contribution is 0.0711. The molecule has 1 fully saturated rings. The third-order valence-electron chi connectivity index (χ3n) is 4.75. The van der Waals surface area contributed by atoms with Crippen LogP contribution in [0, 0.1) is 0 Å². The zero-order valence-corrected chi connectivity index (χ0v) is 16.6. The van der Waals surface area contributed by atoms with E-state index in [0.717, 1.165) is 37.4 Å². The zero-order chi connectivity index (χ0) is 19.4. The number of carbonyl (C=O) groups is 1. The molecule has 6 nitrogen and oxygen atoms in total. The van der Waals surface area contributed by atoms with E-state index in [1.165, 1.54) is 0 Å². The van der Waals surface area contributed by atoms with Gasteiger partial charge in [-0.25, -0.2) is 15.0 Å². The molecule has 2 aromatic rings. The van der Waals surface area contributed by atoms with Gasteiger partial charge in [0.25, 0.3) is 5.91 Å². The number of ether oxygens (including phenoxy) is 1. The number of hydrogen-bond donors (Lipinski definition) is 0. The molecule has 2 aromatic heterocycles. The number of carbonyl (C=O) groups excluding carboxylic acids is 1. The van der Waals surface area contributed by atoms with Crippen LogP contribution in [0.25, 0.3) is 0 Å². The van der Waals surface area contributed by atoms with Crippen molar-refractivity contribution in [2.24, 2.45) is 0 Å². The Morgan fingerprint density at radius 2 is 1.85 bits per heavy atom. The highest BCUT2D eigenvalue weighted by molar-refractivity contribution is 5.94. The van der Waals surface area contributed by atoms with E-state index in [1.54, 1.807) is 18.3 Å². The molecular formula is C21H28N4O2. The molecule has 1 aliphatic rings. The summed E-state index contributed by atoms with van der Waals surface area (Å²) < 4.78 is 5.54. The minimum absolute atomic E-state index is 0.0302. The smallest absolute Gasteiger partial charge is 0.255 e. The van der Waals surface area contributed by atoms with Gasteiger partial charge in [0.1, 0.15) is 5.82 Å².